The third kappa shape index (κ3) is 5.11. The van der Waals surface area contributed by atoms with Crippen molar-refractivity contribution in [3.8, 4) is 0 Å². The fourth-order valence-electron chi connectivity index (χ4n) is 1.95. The number of nitrogens with zero attached hydrogens (tertiary/aromatic N) is 4. The normalized spacial score (nSPS) is 11.0. The molecule has 0 radical (unpaired) electrons. The smallest absolute Gasteiger partial charge is 0.278 e. The van der Waals surface area contributed by atoms with Gasteiger partial charge < -0.3 is 14.8 Å². The number of hydrogen-bond donors (Lipinski definition) is 1. The molecule has 2 aromatic heterocycles. The number of pyridine rings is 1. The molecule has 0 aliphatic rings. The Labute approximate surface area is 134 Å². The number of ether oxygens (including phenoxy) is 2. The lowest BCUT2D eigenvalue weighted by Crippen LogP contribution is -2.24. The molecular formula is C15H21N5O3. The zero-order chi connectivity index (χ0) is 16.7. The van der Waals surface area contributed by atoms with Crippen molar-refractivity contribution in [2.45, 2.75) is 33.6 Å². The van der Waals surface area contributed by atoms with Gasteiger partial charge in [0.15, 0.2) is 12.0 Å². The molecule has 0 unspecified atom stereocenters. The second-order valence-electron chi connectivity index (χ2n) is 4.84. The van der Waals surface area contributed by atoms with Gasteiger partial charge in [-0.3, -0.25) is 4.79 Å². The Balaban J connectivity index is 1.99. The molecule has 2 rings (SSSR count). The van der Waals surface area contributed by atoms with Gasteiger partial charge in [0.05, 0.1) is 12.7 Å². The molecule has 0 aliphatic heterocycles. The van der Waals surface area contributed by atoms with Crippen LogP contribution in [0.15, 0.2) is 24.5 Å². The number of anilines is 1. The van der Waals surface area contributed by atoms with Gasteiger partial charge in [-0.1, -0.05) is 5.21 Å². The van der Waals surface area contributed by atoms with E-state index in [-0.39, 0.29) is 11.6 Å². The van der Waals surface area contributed by atoms with E-state index in [4.69, 9.17) is 9.47 Å². The van der Waals surface area contributed by atoms with Crippen molar-refractivity contribution < 1.29 is 14.3 Å². The Morgan fingerprint density at radius 2 is 2.09 bits per heavy atom. The van der Waals surface area contributed by atoms with Gasteiger partial charge in [0.1, 0.15) is 5.82 Å². The highest BCUT2D eigenvalue weighted by atomic mass is 16.7. The van der Waals surface area contributed by atoms with Gasteiger partial charge in [-0.2, -0.15) is 0 Å². The molecule has 0 aromatic carbocycles. The topological polar surface area (TPSA) is 91.2 Å². The van der Waals surface area contributed by atoms with E-state index in [1.54, 1.807) is 18.5 Å². The summed E-state index contributed by atoms with van der Waals surface area (Å²) in [6, 6.07) is 3.63. The molecule has 0 spiro atoms. The highest BCUT2D eigenvalue weighted by Gasteiger charge is 2.15. The first-order valence-corrected chi connectivity index (χ1v) is 7.49. The average Bonchev–Trinajstić information content (AvgIpc) is 2.96. The lowest BCUT2D eigenvalue weighted by molar-refractivity contribution is -0.145. The van der Waals surface area contributed by atoms with Gasteiger partial charge in [0.2, 0.25) is 0 Å². The van der Waals surface area contributed by atoms with Crippen LogP contribution in [0.5, 0.6) is 0 Å². The summed E-state index contributed by atoms with van der Waals surface area (Å²) in [6.45, 7) is 7.14. The van der Waals surface area contributed by atoms with E-state index in [9.17, 15) is 4.79 Å². The summed E-state index contributed by atoms with van der Waals surface area (Å²) in [4.78, 5) is 16.2. The van der Waals surface area contributed by atoms with E-state index in [2.05, 4.69) is 20.6 Å². The quantitative estimate of drug-likeness (QED) is 0.744. The van der Waals surface area contributed by atoms with E-state index in [1.165, 1.54) is 4.68 Å². The maximum absolute atomic E-state index is 12.1. The first-order valence-electron chi connectivity index (χ1n) is 7.49. The summed E-state index contributed by atoms with van der Waals surface area (Å²) in [5.74, 6) is 0.116. The minimum atomic E-state index is -0.416. The van der Waals surface area contributed by atoms with Gasteiger partial charge in [0, 0.05) is 19.4 Å². The molecule has 0 saturated heterocycles. The van der Waals surface area contributed by atoms with Crippen molar-refractivity contribution in [2.75, 3.05) is 18.5 Å². The summed E-state index contributed by atoms with van der Waals surface area (Å²) in [6.07, 6.45) is 2.77. The first-order chi connectivity index (χ1) is 11.1. The molecule has 0 saturated carbocycles. The van der Waals surface area contributed by atoms with Crippen LogP contribution in [0, 0.1) is 6.92 Å². The van der Waals surface area contributed by atoms with Crippen LogP contribution < -0.4 is 5.32 Å². The molecule has 1 N–H and O–H groups in total. The number of nitrogens with one attached hydrogen (secondary N) is 1. The summed E-state index contributed by atoms with van der Waals surface area (Å²) in [5, 5.41) is 10.5. The standard InChI is InChI=1S/C15H21N5O3/c1-4-22-14(23-5-2)10-20-9-12(18-19-20)15(21)17-13-8-11(3)6-7-16-13/h6-9,14H,4-5,10H2,1-3H3,(H,16,17,21). The number of rotatable bonds is 8. The van der Waals surface area contributed by atoms with Gasteiger partial charge in [-0.15, -0.1) is 5.10 Å². The van der Waals surface area contributed by atoms with Crippen LogP contribution in [0.1, 0.15) is 29.9 Å². The van der Waals surface area contributed by atoms with Crippen molar-refractivity contribution in [2.24, 2.45) is 0 Å². The van der Waals surface area contributed by atoms with Crippen LogP contribution in [0.4, 0.5) is 5.82 Å². The minimum Gasteiger partial charge on any atom is -0.351 e. The number of amides is 1. The third-order valence-electron chi connectivity index (χ3n) is 2.97. The second kappa shape index (κ2) is 8.35. The van der Waals surface area contributed by atoms with E-state index < -0.39 is 6.29 Å². The molecule has 2 heterocycles. The third-order valence-corrected chi connectivity index (χ3v) is 2.97. The molecule has 8 nitrogen and oxygen atoms in total. The number of hydrogen-bond acceptors (Lipinski definition) is 6. The summed E-state index contributed by atoms with van der Waals surface area (Å²) < 4.78 is 12.4. The van der Waals surface area contributed by atoms with Gasteiger partial charge in [0.25, 0.3) is 5.91 Å². The first kappa shape index (κ1) is 17.0. The molecular weight excluding hydrogens is 298 g/mol. The van der Waals surface area contributed by atoms with Crippen LogP contribution in [0.25, 0.3) is 0 Å². The van der Waals surface area contributed by atoms with Crippen LogP contribution in [0.3, 0.4) is 0 Å². The van der Waals surface area contributed by atoms with Gasteiger partial charge in [-0.25, -0.2) is 9.67 Å². The van der Waals surface area contributed by atoms with Crippen molar-refractivity contribution in [3.63, 3.8) is 0 Å². The Bertz CT molecular complexity index is 638. The Hall–Kier alpha value is -2.32. The lowest BCUT2D eigenvalue weighted by atomic mass is 10.3. The lowest BCUT2D eigenvalue weighted by Gasteiger charge is -2.16. The predicted molar refractivity (Wildman–Crippen MR) is 84.0 cm³/mol. The van der Waals surface area contributed by atoms with E-state index in [0.29, 0.717) is 25.6 Å². The molecule has 0 bridgehead atoms. The van der Waals surface area contributed by atoms with Crippen LogP contribution in [0.2, 0.25) is 0 Å². The summed E-state index contributed by atoms with van der Waals surface area (Å²) in [5.41, 5.74) is 1.22. The average molecular weight is 319 g/mol. The fourth-order valence-corrected chi connectivity index (χ4v) is 1.95. The molecule has 0 fully saturated rings. The van der Waals surface area contributed by atoms with Gasteiger partial charge >= 0.3 is 0 Å². The molecule has 0 aliphatic carbocycles. The largest absolute Gasteiger partial charge is 0.351 e. The summed E-state index contributed by atoms with van der Waals surface area (Å²) >= 11 is 0. The summed E-state index contributed by atoms with van der Waals surface area (Å²) in [7, 11) is 0. The molecule has 2 aromatic rings. The Kier molecular flexibility index (Phi) is 6.19. The molecule has 0 atom stereocenters. The maximum Gasteiger partial charge on any atom is 0.278 e. The monoisotopic (exact) mass is 319 g/mol. The van der Waals surface area contributed by atoms with Crippen molar-refractivity contribution in [1.29, 1.82) is 0 Å². The molecule has 124 valence electrons. The highest BCUT2D eigenvalue weighted by molar-refractivity contribution is 6.02. The maximum atomic E-state index is 12.1. The molecule has 1 amide bonds. The predicted octanol–water partition coefficient (Wildman–Crippen LogP) is 1.63. The zero-order valence-corrected chi connectivity index (χ0v) is 13.5. The zero-order valence-electron chi connectivity index (χ0n) is 13.5. The second-order valence-corrected chi connectivity index (χ2v) is 4.84. The SMILES string of the molecule is CCOC(Cn1cc(C(=O)Nc2cc(C)ccn2)nn1)OCC. The Morgan fingerprint density at radius 1 is 1.35 bits per heavy atom. The Morgan fingerprint density at radius 3 is 2.74 bits per heavy atom. The van der Waals surface area contributed by atoms with Crippen molar-refractivity contribution in [1.82, 2.24) is 20.0 Å². The van der Waals surface area contributed by atoms with Crippen LogP contribution in [-0.4, -0.2) is 45.4 Å². The number of carbonyl (C=O) groups is 1. The van der Waals surface area contributed by atoms with Crippen LogP contribution in [-0.2, 0) is 16.0 Å². The molecule has 23 heavy (non-hydrogen) atoms. The fraction of sp³-hybridized carbons (Fsp3) is 0.467. The van der Waals surface area contributed by atoms with Crippen LogP contribution >= 0.6 is 0 Å². The molecule has 8 heteroatoms. The number of aromatic nitrogens is 4. The number of aryl methyl sites for hydroxylation is 1. The van der Waals surface area contributed by atoms with E-state index in [0.717, 1.165) is 5.56 Å². The number of carbonyl (C=O) groups excluding carboxylic acids is 1. The van der Waals surface area contributed by atoms with Crippen molar-refractivity contribution >= 4 is 11.7 Å². The minimum absolute atomic E-state index is 0.208. The highest BCUT2D eigenvalue weighted by Crippen LogP contribution is 2.07. The van der Waals surface area contributed by atoms with Crippen molar-refractivity contribution in [3.05, 3.63) is 35.8 Å². The van der Waals surface area contributed by atoms with Gasteiger partial charge in [-0.05, 0) is 38.5 Å². The van der Waals surface area contributed by atoms with E-state index in [1.807, 2.05) is 26.8 Å². The van der Waals surface area contributed by atoms with E-state index >= 15 is 0 Å².